The van der Waals surface area contributed by atoms with E-state index in [0.29, 0.717) is 19.7 Å². The predicted molar refractivity (Wildman–Crippen MR) is 75.8 cm³/mol. The number of hydrogen-bond donors (Lipinski definition) is 1. The molecule has 1 N–H and O–H groups in total. The average Bonchev–Trinajstić information content (AvgIpc) is 2.87. The predicted octanol–water partition coefficient (Wildman–Crippen LogP) is 1.88. The topological polar surface area (TPSA) is 79.7 Å². The van der Waals surface area contributed by atoms with Crippen molar-refractivity contribution < 1.29 is 19.4 Å². The standard InChI is InChI=1S/C14H12N2O4S/c17-13(12-15-10(8-21-12)14(18)19)16-5-6-20-11-4-2-1-3-9(11)7-16/h1-4,8H,5-7H2,(H,18,19). The number of fused-ring (bicyclic) bond motifs is 1. The lowest BCUT2D eigenvalue weighted by Gasteiger charge is -2.18. The zero-order valence-corrected chi connectivity index (χ0v) is 11.8. The third kappa shape index (κ3) is 2.73. The van der Waals surface area contributed by atoms with Gasteiger partial charge in [0.25, 0.3) is 5.91 Å². The van der Waals surface area contributed by atoms with Gasteiger partial charge in [-0.25, -0.2) is 9.78 Å². The molecule has 3 rings (SSSR count). The van der Waals surface area contributed by atoms with Gasteiger partial charge in [-0.3, -0.25) is 4.79 Å². The molecule has 1 aliphatic rings. The molecule has 0 atom stereocenters. The molecule has 0 spiro atoms. The van der Waals surface area contributed by atoms with Crippen LogP contribution in [0.1, 0.15) is 25.9 Å². The quantitative estimate of drug-likeness (QED) is 0.916. The largest absolute Gasteiger partial charge is 0.491 e. The van der Waals surface area contributed by atoms with Crippen LogP contribution in [-0.4, -0.2) is 40.0 Å². The summed E-state index contributed by atoms with van der Waals surface area (Å²) in [5.41, 5.74) is 0.827. The van der Waals surface area contributed by atoms with Crippen LogP contribution in [0.4, 0.5) is 0 Å². The third-order valence-electron chi connectivity index (χ3n) is 3.15. The summed E-state index contributed by atoms with van der Waals surface area (Å²) in [4.78, 5) is 28.7. The summed E-state index contributed by atoms with van der Waals surface area (Å²) in [6.45, 7) is 1.27. The maximum absolute atomic E-state index is 12.4. The zero-order valence-electron chi connectivity index (χ0n) is 11.0. The number of hydrogen-bond acceptors (Lipinski definition) is 5. The number of aromatic nitrogens is 1. The molecule has 0 unspecified atom stereocenters. The van der Waals surface area contributed by atoms with Crippen LogP contribution in [0.15, 0.2) is 29.6 Å². The molecule has 0 saturated heterocycles. The number of aromatic carboxylic acids is 1. The van der Waals surface area contributed by atoms with Gasteiger partial charge in [0, 0.05) is 17.5 Å². The minimum absolute atomic E-state index is 0.102. The van der Waals surface area contributed by atoms with Crippen LogP contribution >= 0.6 is 11.3 Å². The van der Waals surface area contributed by atoms with Crippen molar-refractivity contribution in [3.8, 4) is 5.75 Å². The van der Waals surface area contributed by atoms with Crippen LogP contribution in [0.25, 0.3) is 0 Å². The lowest BCUT2D eigenvalue weighted by molar-refractivity contribution is 0.0691. The Morgan fingerprint density at radius 1 is 1.33 bits per heavy atom. The third-order valence-corrected chi connectivity index (χ3v) is 3.98. The average molecular weight is 304 g/mol. The number of benzene rings is 1. The SMILES string of the molecule is O=C(O)c1csc(C(=O)N2CCOc3ccccc3C2)n1. The van der Waals surface area contributed by atoms with Crippen molar-refractivity contribution in [2.75, 3.05) is 13.2 Å². The molecular weight excluding hydrogens is 292 g/mol. The highest BCUT2D eigenvalue weighted by Gasteiger charge is 2.23. The van der Waals surface area contributed by atoms with Crippen molar-refractivity contribution in [3.63, 3.8) is 0 Å². The Hall–Kier alpha value is -2.41. The summed E-state index contributed by atoms with van der Waals surface area (Å²) < 4.78 is 5.60. The number of amides is 1. The molecule has 1 amide bonds. The normalized spacial score (nSPS) is 14.0. The van der Waals surface area contributed by atoms with E-state index < -0.39 is 5.97 Å². The van der Waals surface area contributed by atoms with Gasteiger partial charge in [-0.05, 0) is 6.07 Å². The molecule has 1 aliphatic heterocycles. The Labute approximate surface area is 124 Å². The van der Waals surface area contributed by atoms with Crippen molar-refractivity contribution in [3.05, 3.63) is 45.9 Å². The fourth-order valence-corrected chi connectivity index (χ4v) is 2.86. The number of carboxylic acids is 1. The number of carbonyl (C=O) groups is 2. The summed E-state index contributed by atoms with van der Waals surface area (Å²) in [7, 11) is 0. The molecule has 7 heteroatoms. The minimum Gasteiger partial charge on any atom is -0.491 e. The number of ether oxygens (including phenoxy) is 1. The smallest absolute Gasteiger partial charge is 0.355 e. The van der Waals surface area contributed by atoms with Gasteiger partial charge in [0.1, 0.15) is 12.4 Å². The fraction of sp³-hybridized carbons (Fsp3) is 0.214. The van der Waals surface area contributed by atoms with Gasteiger partial charge in [0.15, 0.2) is 10.7 Å². The molecule has 2 aromatic rings. The molecule has 0 fully saturated rings. The lowest BCUT2D eigenvalue weighted by Crippen LogP contribution is -2.32. The molecule has 1 aromatic carbocycles. The van der Waals surface area contributed by atoms with E-state index in [4.69, 9.17) is 9.84 Å². The first kappa shape index (κ1) is 13.6. The van der Waals surface area contributed by atoms with Crippen molar-refractivity contribution in [1.29, 1.82) is 0 Å². The van der Waals surface area contributed by atoms with E-state index in [9.17, 15) is 9.59 Å². The molecule has 108 valence electrons. The lowest BCUT2D eigenvalue weighted by atomic mass is 10.2. The molecule has 0 radical (unpaired) electrons. The molecule has 6 nitrogen and oxygen atoms in total. The summed E-state index contributed by atoms with van der Waals surface area (Å²) in [5.74, 6) is -0.624. The Morgan fingerprint density at radius 2 is 2.14 bits per heavy atom. The van der Waals surface area contributed by atoms with Gasteiger partial charge in [-0.15, -0.1) is 11.3 Å². The van der Waals surface area contributed by atoms with Crippen LogP contribution in [0, 0.1) is 0 Å². The highest BCUT2D eigenvalue weighted by Crippen LogP contribution is 2.24. The summed E-state index contributed by atoms with van der Waals surface area (Å²) in [5, 5.41) is 10.4. The number of para-hydroxylation sites is 1. The van der Waals surface area contributed by atoms with Gasteiger partial charge in [0.2, 0.25) is 0 Å². The summed E-state index contributed by atoms with van der Waals surface area (Å²) >= 11 is 1.04. The van der Waals surface area contributed by atoms with Crippen molar-refractivity contribution >= 4 is 23.2 Å². The molecule has 21 heavy (non-hydrogen) atoms. The van der Waals surface area contributed by atoms with Gasteiger partial charge in [-0.2, -0.15) is 0 Å². The van der Waals surface area contributed by atoms with Crippen LogP contribution in [0.3, 0.4) is 0 Å². The fourth-order valence-electron chi connectivity index (χ4n) is 2.10. The first-order valence-corrected chi connectivity index (χ1v) is 7.22. The number of thiazole rings is 1. The molecule has 0 aliphatic carbocycles. The zero-order chi connectivity index (χ0) is 14.8. The first-order valence-electron chi connectivity index (χ1n) is 6.34. The van der Waals surface area contributed by atoms with E-state index in [0.717, 1.165) is 22.6 Å². The van der Waals surface area contributed by atoms with E-state index >= 15 is 0 Å². The van der Waals surface area contributed by atoms with Gasteiger partial charge >= 0.3 is 5.97 Å². The second-order valence-electron chi connectivity index (χ2n) is 4.53. The highest BCUT2D eigenvalue weighted by atomic mass is 32.1. The van der Waals surface area contributed by atoms with E-state index in [-0.39, 0.29) is 16.6 Å². The van der Waals surface area contributed by atoms with Crippen LogP contribution in [0.2, 0.25) is 0 Å². The van der Waals surface area contributed by atoms with Crippen molar-refractivity contribution in [1.82, 2.24) is 9.88 Å². The maximum atomic E-state index is 12.4. The van der Waals surface area contributed by atoms with E-state index in [1.807, 2.05) is 24.3 Å². The molecule has 2 heterocycles. The van der Waals surface area contributed by atoms with E-state index in [2.05, 4.69) is 4.98 Å². The number of carboxylic acid groups (broad SMARTS) is 1. The summed E-state index contributed by atoms with van der Waals surface area (Å²) in [6, 6.07) is 7.55. The number of nitrogens with zero attached hydrogens (tertiary/aromatic N) is 2. The van der Waals surface area contributed by atoms with Crippen LogP contribution in [0.5, 0.6) is 5.75 Å². The molecule has 0 saturated carbocycles. The molecule has 0 bridgehead atoms. The Bertz CT molecular complexity index is 698. The van der Waals surface area contributed by atoms with Gasteiger partial charge < -0.3 is 14.7 Å². The maximum Gasteiger partial charge on any atom is 0.355 e. The van der Waals surface area contributed by atoms with Crippen LogP contribution < -0.4 is 4.74 Å². The molecule has 1 aromatic heterocycles. The minimum atomic E-state index is -1.13. The Balaban J connectivity index is 1.83. The van der Waals surface area contributed by atoms with Crippen LogP contribution in [-0.2, 0) is 6.54 Å². The highest BCUT2D eigenvalue weighted by molar-refractivity contribution is 7.11. The van der Waals surface area contributed by atoms with E-state index in [1.54, 1.807) is 4.90 Å². The number of carbonyl (C=O) groups excluding carboxylic acids is 1. The van der Waals surface area contributed by atoms with Gasteiger partial charge in [0.05, 0.1) is 6.54 Å². The Kier molecular flexibility index (Phi) is 3.57. The van der Waals surface area contributed by atoms with Crippen molar-refractivity contribution in [2.45, 2.75) is 6.54 Å². The first-order chi connectivity index (χ1) is 10.1. The van der Waals surface area contributed by atoms with E-state index in [1.165, 1.54) is 5.38 Å². The van der Waals surface area contributed by atoms with Crippen molar-refractivity contribution in [2.24, 2.45) is 0 Å². The number of rotatable bonds is 2. The second kappa shape index (κ2) is 5.53. The second-order valence-corrected chi connectivity index (χ2v) is 5.38. The summed E-state index contributed by atoms with van der Waals surface area (Å²) in [6.07, 6.45) is 0. The monoisotopic (exact) mass is 304 g/mol. The van der Waals surface area contributed by atoms with Gasteiger partial charge in [-0.1, -0.05) is 18.2 Å². The molecular formula is C14H12N2O4S. The Morgan fingerprint density at radius 3 is 2.90 bits per heavy atom.